The molecule has 0 heterocycles. The number of hydrogen-bond acceptors (Lipinski definition) is 4. The zero-order valence-corrected chi connectivity index (χ0v) is 10.3. The number of rotatable bonds is 11. The van der Waals surface area contributed by atoms with Crippen molar-refractivity contribution in [2.24, 2.45) is 0 Å². The average molecular weight is 231 g/mol. The molecule has 0 aromatic carbocycles. The third-order valence-corrected chi connectivity index (χ3v) is 2.36. The fraction of sp³-hybridized carbons (Fsp3) is 0.917. The van der Waals surface area contributed by atoms with Gasteiger partial charge >= 0.3 is 5.97 Å². The summed E-state index contributed by atoms with van der Waals surface area (Å²) in [6, 6.07) is 0. The maximum Gasteiger partial charge on any atom is 0.324 e. The highest BCUT2D eigenvalue weighted by Gasteiger charge is 2.01. The maximum absolute atomic E-state index is 11.2. The van der Waals surface area contributed by atoms with Crippen LogP contribution in [0.2, 0.25) is 0 Å². The molecule has 0 bridgehead atoms. The predicted octanol–water partition coefficient (Wildman–Crippen LogP) is 2.17. The molecule has 0 unspecified atom stereocenters. The van der Waals surface area contributed by atoms with Gasteiger partial charge in [-0.25, -0.2) is 0 Å². The Bertz CT molecular complexity index is 146. The number of unbranched alkanes of at least 4 members (excludes halogenated alkanes) is 5. The molecule has 0 rings (SSSR count). The highest BCUT2D eigenvalue weighted by molar-refractivity contribution is 5.68. The molecule has 0 atom stereocenters. The van der Waals surface area contributed by atoms with Crippen molar-refractivity contribution in [3.05, 3.63) is 0 Å². The van der Waals surface area contributed by atoms with E-state index in [0.717, 1.165) is 25.7 Å². The number of carbonyl (C=O) groups is 1. The van der Waals surface area contributed by atoms with Gasteiger partial charge in [0, 0.05) is 19.6 Å². The highest BCUT2D eigenvalue weighted by atomic mass is 16.7. The van der Waals surface area contributed by atoms with Gasteiger partial charge in [-0.05, 0) is 19.3 Å². The van der Waals surface area contributed by atoms with E-state index in [1.165, 1.54) is 19.3 Å². The number of aliphatic hydroxyl groups excluding tert-OH is 1. The first-order chi connectivity index (χ1) is 7.81. The van der Waals surface area contributed by atoms with Crippen molar-refractivity contribution in [2.75, 3.05) is 13.2 Å². The molecule has 0 aliphatic rings. The minimum atomic E-state index is -0.180. The van der Waals surface area contributed by atoms with Gasteiger partial charge in [-0.1, -0.05) is 32.6 Å². The molecule has 0 aliphatic carbocycles. The Hall–Kier alpha value is -0.610. The van der Waals surface area contributed by atoms with Gasteiger partial charge in [-0.3, -0.25) is 4.79 Å². The molecule has 0 saturated heterocycles. The van der Waals surface area contributed by atoms with E-state index in [1.807, 2.05) is 0 Å². The molecule has 0 fully saturated rings. The summed E-state index contributed by atoms with van der Waals surface area (Å²) in [6.07, 6.45) is 7.74. The minimum Gasteiger partial charge on any atom is -0.396 e. The number of aliphatic hydroxyl groups is 1. The summed E-state index contributed by atoms with van der Waals surface area (Å²) in [5.41, 5.74) is 2.61. The van der Waals surface area contributed by atoms with E-state index in [2.05, 4.69) is 12.4 Å². The van der Waals surface area contributed by atoms with Gasteiger partial charge in [-0.2, -0.15) is 5.48 Å². The normalized spacial score (nSPS) is 10.4. The smallest absolute Gasteiger partial charge is 0.324 e. The molecule has 0 aliphatic heterocycles. The summed E-state index contributed by atoms with van der Waals surface area (Å²) >= 11 is 0. The van der Waals surface area contributed by atoms with Crippen LogP contribution in [0.1, 0.15) is 58.3 Å². The molecule has 96 valence electrons. The predicted molar refractivity (Wildman–Crippen MR) is 63.8 cm³/mol. The molecule has 0 amide bonds. The molecular weight excluding hydrogens is 206 g/mol. The van der Waals surface area contributed by atoms with Crippen molar-refractivity contribution in [3.8, 4) is 0 Å². The average Bonchev–Trinajstić information content (AvgIpc) is 2.28. The monoisotopic (exact) mass is 231 g/mol. The lowest BCUT2D eigenvalue weighted by atomic mass is 10.1. The van der Waals surface area contributed by atoms with Crippen molar-refractivity contribution in [1.29, 1.82) is 0 Å². The van der Waals surface area contributed by atoms with Gasteiger partial charge in [-0.15, -0.1) is 0 Å². The van der Waals surface area contributed by atoms with Crippen LogP contribution in [0, 0.1) is 0 Å². The number of hydrogen-bond donors (Lipinski definition) is 2. The fourth-order valence-electron chi connectivity index (χ4n) is 1.36. The minimum absolute atomic E-state index is 0.180. The second-order valence-corrected chi connectivity index (χ2v) is 3.96. The quantitative estimate of drug-likeness (QED) is 0.422. The topological polar surface area (TPSA) is 58.6 Å². The van der Waals surface area contributed by atoms with Crippen LogP contribution in [0.3, 0.4) is 0 Å². The van der Waals surface area contributed by atoms with Gasteiger partial charge in [0.1, 0.15) is 0 Å². The van der Waals surface area contributed by atoms with E-state index < -0.39 is 0 Å². The standard InChI is InChI=1S/C12H25NO3/c1-2-3-4-5-6-9-12(15)16-13-10-7-8-11-14/h13-14H,2-11H2,1H3. The van der Waals surface area contributed by atoms with Crippen molar-refractivity contribution in [3.63, 3.8) is 0 Å². The van der Waals surface area contributed by atoms with Crippen LogP contribution in [0.4, 0.5) is 0 Å². The lowest BCUT2D eigenvalue weighted by molar-refractivity contribution is -0.151. The molecule has 4 nitrogen and oxygen atoms in total. The van der Waals surface area contributed by atoms with Crippen molar-refractivity contribution >= 4 is 5.97 Å². The van der Waals surface area contributed by atoms with Crippen molar-refractivity contribution in [2.45, 2.75) is 58.3 Å². The molecule has 4 heteroatoms. The Morgan fingerprint density at radius 3 is 2.56 bits per heavy atom. The van der Waals surface area contributed by atoms with Crippen LogP contribution in [0.25, 0.3) is 0 Å². The molecule has 2 N–H and O–H groups in total. The first kappa shape index (κ1) is 15.4. The number of nitrogens with one attached hydrogen (secondary N) is 1. The first-order valence-electron chi connectivity index (χ1n) is 6.34. The van der Waals surface area contributed by atoms with Crippen LogP contribution in [0.15, 0.2) is 0 Å². The molecule has 0 spiro atoms. The molecule has 16 heavy (non-hydrogen) atoms. The SMILES string of the molecule is CCCCCCCC(=O)ONCCCCO. The lowest BCUT2D eigenvalue weighted by Gasteiger charge is -2.05. The van der Waals surface area contributed by atoms with Gasteiger partial charge in [0.2, 0.25) is 0 Å². The Labute approximate surface area is 98.3 Å². The Morgan fingerprint density at radius 2 is 1.88 bits per heavy atom. The van der Waals surface area contributed by atoms with E-state index in [9.17, 15) is 4.79 Å². The molecular formula is C12H25NO3. The zero-order chi connectivity index (χ0) is 12.1. The van der Waals surface area contributed by atoms with E-state index in [-0.39, 0.29) is 12.6 Å². The third-order valence-electron chi connectivity index (χ3n) is 2.36. The lowest BCUT2D eigenvalue weighted by Crippen LogP contribution is -2.21. The first-order valence-corrected chi connectivity index (χ1v) is 6.34. The van der Waals surface area contributed by atoms with Crippen LogP contribution in [0.5, 0.6) is 0 Å². The Morgan fingerprint density at radius 1 is 1.12 bits per heavy atom. The van der Waals surface area contributed by atoms with E-state index in [0.29, 0.717) is 13.0 Å². The zero-order valence-electron chi connectivity index (χ0n) is 10.3. The van der Waals surface area contributed by atoms with Gasteiger partial charge in [0.25, 0.3) is 0 Å². The van der Waals surface area contributed by atoms with E-state index in [4.69, 9.17) is 9.94 Å². The van der Waals surface area contributed by atoms with E-state index >= 15 is 0 Å². The summed E-state index contributed by atoms with van der Waals surface area (Å²) in [4.78, 5) is 16.0. The Balaban J connectivity index is 3.12. The second kappa shape index (κ2) is 12.5. The second-order valence-electron chi connectivity index (χ2n) is 3.96. The van der Waals surface area contributed by atoms with Gasteiger partial charge in [0.05, 0.1) is 0 Å². The van der Waals surface area contributed by atoms with Gasteiger partial charge < -0.3 is 9.94 Å². The molecule has 0 aromatic rings. The van der Waals surface area contributed by atoms with Crippen LogP contribution >= 0.6 is 0 Å². The summed E-state index contributed by atoms with van der Waals surface area (Å²) < 4.78 is 0. The molecule has 0 saturated carbocycles. The fourth-order valence-corrected chi connectivity index (χ4v) is 1.36. The Kier molecular flexibility index (Phi) is 12.0. The number of carbonyl (C=O) groups excluding carboxylic acids is 1. The van der Waals surface area contributed by atoms with Crippen molar-refractivity contribution in [1.82, 2.24) is 5.48 Å². The highest BCUT2D eigenvalue weighted by Crippen LogP contribution is 2.05. The summed E-state index contributed by atoms with van der Waals surface area (Å²) in [5.74, 6) is -0.180. The van der Waals surface area contributed by atoms with Crippen LogP contribution in [-0.2, 0) is 9.63 Å². The molecule has 0 aromatic heterocycles. The maximum atomic E-state index is 11.2. The summed E-state index contributed by atoms with van der Waals surface area (Å²) in [5, 5.41) is 8.53. The summed E-state index contributed by atoms with van der Waals surface area (Å²) in [7, 11) is 0. The van der Waals surface area contributed by atoms with Crippen LogP contribution < -0.4 is 5.48 Å². The third kappa shape index (κ3) is 11.5. The van der Waals surface area contributed by atoms with Gasteiger partial charge in [0.15, 0.2) is 0 Å². The number of hydroxylamine groups is 1. The van der Waals surface area contributed by atoms with Crippen molar-refractivity contribution < 1.29 is 14.7 Å². The summed E-state index contributed by atoms with van der Waals surface area (Å²) in [6.45, 7) is 2.97. The van der Waals surface area contributed by atoms with E-state index in [1.54, 1.807) is 0 Å². The largest absolute Gasteiger partial charge is 0.396 e. The molecule has 0 radical (unpaired) electrons. The van der Waals surface area contributed by atoms with Crippen LogP contribution in [-0.4, -0.2) is 24.2 Å².